The van der Waals surface area contributed by atoms with E-state index < -0.39 is 17.9 Å². The third kappa shape index (κ3) is 6.23. The van der Waals surface area contributed by atoms with Crippen molar-refractivity contribution in [3.8, 4) is 11.1 Å². The maximum absolute atomic E-state index is 13.7. The second kappa shape index (κ2) is 11.7. The summed E-state index contributed by atoms with van der Waals surface area (Å²) in [6.45, 7) is 0.0770. The monoisotopic (exact) mass is 577 g/mol. The Morgan fingerprint density at radius 2 is 1.58 bits per heavy atom. The Morgan fingerprint density at radius 1 is 0.833 bits per heavy atom. The van der Waals surface area contributed by atoms with E-state index in [1.807, 2.05) is 47.8 Å². The number of hydrogen-bond acceptors (Lipinski definition) is 3. The summed E-state index contributed by atoms with van der Waals surface area (Å²) >= 11 is 26.0. The Bertz CT molecular complexity index is 1410. The minimum atomic E-state index is -1.12. The highest BCUT2D eigenvalue weighted by Crippen LogP contribution is 2.32. The fraction of sp³-hybridized carbons (Fsp3) is 0.111. The number of benzene rings is 3. The average Bonchev–Trinajstić information content (AvgIpc) is 3.32. The van der Waals surface area contributed by atoms with Crippen molar-refractivity contribution < 1.29 is 14.7 Å². The minimum Gasteiger partial charge on any atom is -0.480 e. The van der Waals surface area contributed by atoms with Gasteiger partial charge < -0.3 is 10.0 Å². The van der Waals surface area contributed by atoms with Gasteiger partial charge in [-0.05, 0) is 58.5 Å². The first-order valence-electron chi connectivity index (χ1n) is 10.8. The molecule has 1 heterocycles. The Hall–Kier alpha value is -2.54. The molecule has 184 valence electrons. The van der Waals surface area contributed by atoms with Gasteiger partial charge >= 0.3 is 5.97 Å². The molecule has 9 heteroatoms. The number of carboxylic acid groups (broad SMARTS) is 1. The molecule has 0 fully saturated rings. The number of halogens is 4. The molecule has 36 heavy (non-hydrogen) atoms. The molecule has 0 radical (unpaired) electrons. The largest absolute Gasteiger partial charge is 0.480 e. The van der Waals surface area contributed by atoms with Crippen LogP contribution in [0, 0.1) is 0 Å². The van der Waals surface area contributed by atoms with Crippen LogP contribution in [0.1, 0.15) is 20.8 Å². The molecule has 0 bridgehead atoms. The number of aliphatic carboxylic acids is 1. The summed E-state index contributed by atoms with van der Waals surface area (Å²) in [4.78, 5) is 28.3. The van der Waals surface area contributed by atoms with E-state index >= 15 is 0 Å². The Morgan fingerprint density at radius 3 is 2.25 bits per heavy atom. The molecule has 4 rings (SSSR count). The second-order valence-electron chi connectivity index (χ2n) is 8.03. The lowest BCUT2D eigenvalue weighted by Crippen LogP contribution is -2.46. The molecule has 4 aromatic rings. The predicted octanol–water partition coefficient (Wildman–Crippen LogP) is 8.37. The van der Waals surface area contributed by atoms with Crippen molar-refractivity contribution in [2.45, 2.75) is 19.0 Å². The zero-order valence-electron chi connectivity index (χ0n) is 18.6. The van der Waals surface area contributed by atoms with Gasteiger partial charge in [-0.25, -0.2) is 4.79 Å². The van der Waals surface area contributed by atoms with Crippen LogP contribution in [0.25, 0.3) is 11.1 Å². The van der Waals surface area contributed by atoms with Crippen LogP contribution < -0.4 is 0 Å². The SMILES string of the molecule is O=C(O)C(Cc1ccccc1)N(Cc1cc(-c2ccc(Cl)c(Cl)c2)cs1)C(=O)c1ccc(Cl)cc1Cl. The van der Waals surface area contributed by atoms with Gasteiger partial charge in [-0.2, -0.15) is 0 Å². The number of carbonyl (C=O) groups is 2. The van der Waals surface area contributed by atoms with Crippen LogP contribution in [0.3, 0.4) is 0 Å². The summed E-state index contributed by atoms with van der Waals surface area (Å²) in [5, 5.41) is 13.5. The maximum Gasteiger partial charge on any atom is 0.326 e. The third-order valence-electron chi connectivity index (χ3n) is 5.59. The van der Waals surface area contributed by atoms with E-state index in [4.69, 9.17) is 46.4 Å². The van der Waals surface area contributed by atoms with Gasteiger partial charge in [0.1, 0.15) is 6.04 Å². The van der Waals surface area contributed by atoms with Gasteiger partial charge in [-0.1, -0.05) is 82.8 Å². The van der Waals surface area contributed by atoms with Crippen LogP contribution in [0.15, 0.2) is 78.2 Å². The molecule has 1 amide bonds. The average molecular weight is 579 g/mol. The van der Waals surface area contributed by atoms with Crippen molar-refractivity contribution >= 4 is 69.6 Å². The summed E-state index contributed by atoms with van der Waals surface area (Å²) in [5.41, 5.74) is 2.74. The molecule has 0 spiro atoms. The summed E-state index contributed by atoms with van der Waals surface area (Å²) < 4.78 is 0. The van der Waals surface area contributed by atoms with Crippen LogP contribution in [-0.2, 0) is 17.8 Å². The van der Waals surface area contributed by atoms with E-state index in [0.29, 0.717) is 15.1 Å². The van der Waals surface area contributed by atoms with Gasteiger partial charge in [-0.3, -0.25) is 4.79 Å². The fourth-order valence-electron chi connectivity index (χ4n) is 3.77. The minimum absolute atomic E-state index is 0.0770. The molecular weight excluding hydrogens is 560 g/mol. The topological polar surface area (TPSA) is 57.6 Å². The van der Waals surface area contributed by atoms with Crippen LogP contribution in [0.4, 0.5) is 0 Å². The van der Waals surface area contributed by atoms with E-state index in [-0.39, 0.29) is 23.6 Å². The van der Waals surface area contributed by atoms with Gasteiger partial charge in [0.05, 0.1) is 27.2 Å². The van der Waals surface area contributed by atoms with Gasteiger partial charge in [0.15, 0.2) is 0 Å². The van der Waals surface area contributed by atoms with Crippen LogP contribution in [0.5, 0.6) is 0 Å². The number of amides is 1. The lowest BCUT2D eigenvalue weighted by atomic mass is 10.0. The molecule has 1 atom stereocenters. The van der Waals surface area contributed by atoms with Crippen LogP contribution in [0.2, 0.25) is 20.1 Å². The predicted molar refractivity (Wildman–Crippen MR) is 148 cm³/mol. The van der Waals surface area contributed by atoms with Gasteiger partial charge in [0.2, 0.25) is 0 Å². The highest BCUT2D eigenvalue weighted by molar-refractivity contribution is 7.10. The van der Waals surface area contributed by atoms with Crippen molar-refractivity contribution in [2.24, 2.45) is 0 Å². The normalized spacial score (nSPS) is 11.8. The number of thiophene rings is 1. The van der Waals surface area contributed by atoms with Crippen LogP contribution in [-0.4, -0.2) is 27.9 Å². The first kappa shape index (κ1) is 26.5. The number of hydrogen-bond donors (Lipinski definition) is 1. The van der Waals surface area contributed by atoms with E-state index in [0.717, 1.165) is 21.6 Å². The van der Waals surface area contributed by atoms with Crippen molar-refractivity contribution in [3.05, 3.63) is 114 Å². The third-order valence-corrected chi connectivity index (χ3v) is 7.80. The summed E-state index contributed by atoms with van der Waals surface area (Å²) in [5.74, 6) is -1.61. The van der Waals surface area contributed by atoms with E-state index in [1.54, 1.807) is 18.2 Å². The summed E-state index contributed by atoms with van der Waals surface area (Å²) in [6.07, 6.45) is 0.137. The lowest BCUT2D eigenvalue weighted by Gasteiger charge is -2.29. The van der Waals surface area contributed by atoms with E-state index in [9.17, 15) is 14.7 Å². The smallest absolute Gasteiger partial charge is 0.326 e. The molecule has 0 aliphatic heterocycles. The molecule has 1 aromatic heterocycles. The summed E-state index contributed by atoms with van der Waals surface area (Å²) in [6, 6.07) is 19.8. The molecule has 4 nitrogen and oxygen atoms in total. The molecule has 3 aromatic carbocycles. The van der Waals surface area contributed by atoms with E-state index in [2.05, 4.69) is 0 Å². The Balaban J connectivity index is 1.70. The molecule has 1 unspecified atom stereocenters. The molecule has 0 aliphatic rings. The Kier molecular flexibility index (Phi) is 8.60. The van der Waals surface area contributed by atoms with Crippen LogP contribution >= 0.6 is 57.7 Å². The molecular formula is C27H19Cl4NO3S. The quantitative estimate of drug-likeness (QED) is 0.228. The Labute approximate surface area is 232 Å². The van der Waals surface area contributed by atoms with Crippen molar-refractivity contribution in [3.63, 3.8) is 0 Å². The maximum atomic E-state index is 13.7. The number of carbonyl (C=O) groups excluding carboxylic acids is 1. The van der Waals surface area contributed by atoms with Gasteiger partial charge in [0, 0.05) is 16.3 Å². The van der Waals surface area contributed by atoms with Crippen molar-refractivity contribution in [2.75, 3.05) is 0 Å². The lowest BCUT2D eigenvalue weighted by molar-refractivity contribution is -0.142. The second-order valence-corrected chi connectivity index (χ2v) is 10.7. The zero-order valence-corrected chi connectivity index (χ0v) is 22.5. The fourth-order valence-corrected chi connectivity index (χ4v) is 5.45. The van der Waals surface area contributed by atoms with E-state index in [1.165, 1.54) is 28.4 Å². The molecule has 1 N–H and O–H groups in total. The zero-order chi connectivity index (χ0) is 25.8. The van der Waals surface area contributed by atoms with Gasteiger partial charge in [0.25, 0.3) is 5.91 Å². The first-order valence-corrected chi connectivity index (χ1v) is 13.2. The number of carboxylic acids is 1. The van der Waals surface area contributed by atoms with Gasteiger partial charge in [-0.15, -0.1) is 11.3 Å². The summed E-state index contributed by atoms with van der Waals surface area (Å²) in [7, 11) is 0. The van der Waals surface area contributed by atoms with Crippen molar-refractivity contribution in [1.82, 2.24) is 4.90 Å². The number of rotatable bonds is 8. The highest BCUT2D eigenvalue weighted by atomic mass is 35.5. The highest BCUT2D eigenvalue weighted by Gasteiger charge is 2.32. The first-order chi connectivity index (χ1) is 17.2. The molecule has 0 aliphatic carbocycles. The molecule has 0 saturated carbocycles. The van der Waals surface area contributed by atoms with Crippen molar-refractivity contribution in [1.29, 1.82) is 0 Å². The standard InChI is InChI=1S/C27H19Cl4NO3S/c28-19-7-8-21(23(30)13-19)26(33)32(25(27(34)35)10-16-4-2-1-3-5-16)14-20-11-18(15-36-20)17-6-9-22(29)24(31)12-17/h1-9,11-13,15,25H,10,14H2,(H,34,35). The number of nitrogens with zero attached hydrogens (tertiary/aromatic N) is 1. The molecule has 0 saturated heterocycles.